The molecular formula is C21H25N5O4S. The fraction of sp³-hybridized carbons (Fsp3) is 0.429. The number of piperazine rings is 1. The summed E-state index contributed by atoms with van der Waals surface area (Å²) >= 11 is 1.53. The van der Waals surface area contributed by atoms with Crippen molar-refractivity contribution < 1.29 is 18.4 Å². The second kappa shape index (κ2) is 9.88. The molecule has 0 atom stereocenters. The van der Waals surface area contributed by atoms with Gasteiger partial charge in [-0.15, -0.1) is 21.5 Å². The van der Waals surface area contributed by atoms with Crippen LogP contribution in [0.3, 0.4) is 0 Å². The first-order chi connectivity index (χ1) is 15.1. The van der Waals surface area contributed by atoms with Crippen molar-refractivity contribution in [2.24, 2.45) is 0 Å². The molecule has 0 aromatic carbocycles. The molecule has 1 saturated heterocycles. The van der Waals surface area contributed by atoms with E-state index in [1.807, 2.05) is 24.4 Å². The predicted molar refractivity (Wildman–Crippen MR) is 114 cm³/mol. The maximum absolute atomic E-state index is 12.9. The molecule has 10 heteroatoms. The smallest absolute Gasteiger partial charge is 0.289 e. The minimum atomic E-state index is -0.110. The zero-order valence-corrected chi connectivity index (χ0v) is 18.2. The highest BCUT2D eigenvalue weighted by Gasteiger charge is 2.26. The fourth-order valence-corrected chi connectivity index (χ4v) is 4.14. The second-order valence-electron chi connectivity index (χ2n) is 7.34. The van der Waals surface area contributed by atoms with Crippen LogP contribution in [0.25, 0.3) is 10.8 Å². The largest absolute Gasteiger partial charge is 0.459 e. The van der Waals surface area contributed by atoms with Crippen LogP contribution in [-0.4, -0.2) is 76.0 Å². The summed E-state index contributed by atoms with van der Waals surface area (Å²) in [6.45, 7) is 5.65. The Morgan fingerprint density at radius 1 is 1.16 bits per heavy atom. The van der Waals surface area contributed by atoms with E-state index in [1.54, 1.807) is 21.9 Å². The highest BCUT2D eigenvalue weighted by Crippen LogP contribution is 2.23. The number of hydrogen-bond donors (Lipinski definition) is 0. The van der Waals surface area contributed by atoms with E-state index in [9.17, 15) is 9.59 Å². The molecule has 3 aromatic rings. The molecule has 3 aromatic heterocycles. The van der Waals surface area contributed by atoms with Crippen LogP contribution in [0.2, 0.25) is 0 Å². The molecule has 1 aliphatic rings. The highest BCUT2D eigenvalue weighted by atomic mass is 32.1. The Morgan fingerprint density at radius 2 is 2.00 bits per heavy atom. The van der Waals surface area contributed by atoms with Gasteiger partial charge in [0.25, 0.3) is 11.8 Å². The molecule has 0 saturated carbocycles. The monoisotopic (exact) mass is 443 g/mol. The van der Waals surface area contributed by atoms with E-state index >= 15 is 0 Å². The minimum absolute atomic E-state index is 0.0172. The van der Waals surface area contributed by atoms with Gasteiger partial charge < -0.3 is 18.6 Å². The summed E-state index contributed by atoms with van der Waals surface area (Å²) in [6.07, 6.45) is 2.33. The van der Waals surface area contributed by atoms with Gasteiger partial charge in [0.2, 0.25) is 11.8 Å². The molecule has 1 fully saturated rings. The van der Waals surface area contributed by atoms with Gasteiger partial charge in [-0.25, -0.2) is 0 Å². The topological polar surface area (TPSA) is 95.9 Å². The van der Waals surface area contributed by atoms with Gasteiger partial charge in [-0.1, -0.05) is 13.0 Å². The Labute approximate surface area is 184 Å². The molecule has 0 aliphatic carbocycles. The number of hydrogen-bond acceptors (Lipinski definition) is 8. The van der Waals surface area contributed by atoms with Crippen LogP contribution >= 0.6 is 11.3 Å². The Morgan fingerprint density at radius 3 is 2.68 bits per heavy atom. The number of carbonyl (C=O) groups excluding carboxylic acids is 2. The maximum atomic E-state index is 12.9. The van der Waals surface area contributed by atoms with Crippen LogP contribution in [0, 0.1) is 0 Å². The lowest BCUT2D eigenvalue weighted by atomic mass is 10.2. The summed E-state index contributed by atoms with van der Waals surface area (Å²) in [6, 6.07) is 7.23. The summed E-state index contributed by atoms with van der Waals surface area (Å²) in [5, 5.41) is 10.2. The van der Waals surface area contributed by atoms with E-state index < -0.39 is 0 Å². The molecule has 0 unspecified atom stereocenters. The van der Waals surface area contributed by atoms with Gasteiger partial charge in [0.1, 0.15) is 0 Å². The summed E-state index contributed by atoms with van der Waals surface area (Å²) in [4.78, 5) is 31.8. The van der Waals surface area contributed by atoms with E-state index in [1.165, 1.54) is 17.6 Å². The van der Waals surface area contributed by atoms with E-state index in [0.29, 0.717) is 63.4 Å². The van der Waals surface area contributed by atoms with Gasteiger partial charge in [-0.05, 0) is 30.0 Å². The summed E-state index contributed by atoms with van der Waals surface area (Å²) in [7, 11) is 0. The number of amides is 2. The van der Waals surface area contributed by atoms with Crippen molar-refractivity contribution in [1.29, 1.82) is 0 Å². The molecule has 4 heterocycles. The van der Waals surface area contributed by atoms with Gasteiger partial charge in [0.05, 0.1) is 24.2 Å². The Hall–Kier alpha value is -2.98. The fourth-order valence-electron chi connectivity index (χ4n) is 3.50. The average Bonchev–Trinajstić information content (AvgIpc) is 3.56. The SMILES string of the molecule is CCCN(Cc1nnc(-c2cccs2)o1)C(=O)CN1CCN(C(=O)c2ccco2)CC1. The molecule has 0 N–H and O–H groups in total. The van der Waals surface area contributed by atoms with E-state index in [2.05, 4.69) is 15.1 Å². The zero-order valence-electron chi connectivity index (χ0n) is 17.4. The molecule has 0 bridgehead atoms. The molecule has 1 aliphatic heterocycles. The first-order valence-electron chi connectivity index (χ1n) is 10.3. The lowest BCUT2D eigenvalue weighted by Gasteiger charge is -2.34. The van der Waals surface area contributed by atoms with Crippen LogP contribution in [0.4, 0.5) is 0 Å². The number of rotatable bonds is 8. The van der Waals surface area contributed by atoms with E-state index in [0.717, 1.165) is 11.3 Å². The molecule has 31 heavy (non-hydrogen) atoms. The van der Waals surface area contributed by atoms with Crippen molar-refractivity contribution in [3.8, 4) is 10.8 Å². The van der Waals surface area contributed by atoms with Crippen molar-refractivity contribution in [3.63, 3.8) is 0 Å². The minimum Gasteiger partial charge on any atom is -0.459 e. The van der Waals surface area contributed by atoms with Gasteiger partial charge >= 0.3 is 0 Å². The Kier molecular flexibility index (Phi) is 6.78. The number of thiophene rings is 1. The predicted octanol–water partition coefficient (Wildman–Crippen LogP) is 2.59. The highest BCUT2D eigenvalue weighted by molar-refractivity contribution is 7.13. The molecular weight excluding hydrogens is 418 g/mol. The van der Waals surface area contributed by atoms with Gasteiger partial charge in [-0.3, -0.25) is 14.5 Å². The van der Waals surface area contributed by atoms with Crippen molar-refractivity contribution >= 4 is 23.2 Å². The van der Waals surface area contributed by atoms with E-state index in [4.69, 9.17) is 8.83 Å². The van der Waals surface area contributed by atoms with Gasteiger partial charge in [-0.2, -0.15) is 0 Å². The molecule has 2 amide bonds. The third-order valence-corrected chi connectivity index (χ3v) is 5.98. The summed E-state index contributed by atoms with van der Waals surface area (Å²) in [5.74, 6) is 1.16. The summed E-state index contributed by atoms with van der Waals surface area (Å²) in [5.41, 5.74) is 0. The molecule has 0 spiro atoms. The van der Waals surface area contributed by atoms with E-state index in [-0.39, 0.29) is 11.8 Å². The third-order valence-electron chi connectivity index (χ3n) is 5.12. The number of nitrogens with zero attached hydrogens (tertiary/aromatic N) is 5. The lowest BCUT2D eigenvalue weighted by Crippen LogP contribution is -2.51. The van der Waals surface area contributed by atoms with Crippen LogP contribution in [0.15, 0.2) is 44.7 Å². The quantitative estimate of drug-likeness (QED) is 0.528. The third kappa shape index (κ3) is 5.20. The normalized spacial score (nSPS) is 14.7. The van der Waals surface area contributed by atoms with Crippen LogP contribution in [0.1, 0.15) is 29.8 Å². The first-order valence-corrected chi connectivity index (χ1v) is 11.2. The molecule has 0 radical (unpaired) electrons. The first kappa shape index (κ1) is 21.3. The average molecular weight is 444 g/mol. The van der Waals surface area contributed by atoms with Crippen molar-refractivity contribution in [3.05, 3.63) is 47.6 Å². The van der Waals surface area contributed by atoms with Crippen LogP contribution < -0.4 is 0 Å². The number of furan rings is 1. The number of carbonyl (C=O) groups is 2. The standard InChI is InChI=1S/C21H25N5O4S/c1-2-7-26(14-18-22-23-20(30-18)17-6-4-13-31-17)19(27)15-24-8-10-25(11-9-24)21(28)16-5-3-12-29-16/h3-6,12-13H,2,7-11,14-15H2,1H3. The lowest BCUT2D eigenvalue weighted by molar-refractivity contribution is -0.133. The molecule has 9 nitrogen and oxygen atoms in total. The van der Waals surface area contributed by atoms with Crippen LogP contribution in [-0.2, 0) is 11.3 Å². The van der Waals surface area contributed by atoms with Crippen LogP contribution in [0.5, 0.6) is 0 Å². The van der Waals surface area contributed by atoms with Crippen molar-refractivity contribution in [2.75, 3.05) is 39.3 Å². The Bertz CT molecular complexity index is 978. The molecule has 4 rings (SSSR count). The maximum Gasteiger partial charge on any atom is 0.289 e. The van der Waals surface area contributed by atoms with Crippen molar-refractivity contribution in [2.45, 2.75) is 19.9 Å². The van der Waals surface area contributed by atoms with Gasteiger partial charge in [0.15, 0.2) is 5.76 Å². The number of aromatic nitrogens is 2. The summed E-state index contributed by atoms with van der Waals surface area (Å²) < 4.78 is 10.9. The molecule has 164 valence electrons. The van der Waals surface area contributed by atoms with Crippen molar-refractivity contribution in [1.82, 2.24) is 24.9 Å². The second-order valence-corrected chi connectivity index (χ2v) is 8.29. The van der Waals surface area contributed by atoms with Gasteiger partial charge in [0, 0.05) is 32.7 Å². The Balaban J connectivity index is 1.30. The zero-order chi connectivity index (χ0) is 21.6.